The molecule has 0 spiro atoms. The SMILES string of the molecule is CCNC(=NCC(O)c1cc(OC)cc(OC)c1)N1CCN(Cc2ccccc2)CC1.I. The number of aliphatic hydroxyl groups excluding tert-OH is 1. The van der Waals surface area contributed by atoms with Gasteiger partial charge in [0.05, 0.1) is 26.9 Å². The number of guanidine groups is 1. The standard InChI is InChI=1S/C24H34N4O3.HI/c1-4-25-24(26-17-23(29)20-14-21(30-2)16-22(15-20)31-3)28-12-10-27(11-13-28)18-19-8-6-5-7-9-19;/h5-9,14-16,23,29H,4,10-13,17-18H2,1-3H3,(H,25,26);1H. The molecular formula is C24H35IN4O3. The maximum Gasteiger partial charge on any atom is 0.194 e. The second-order valence-corrected chi connectivity index (χ2v) is 7.61. The van der Waals surface area contributed by atoms with Gasteiger partial charge in [0.1, 0.15) is 11.5 Å². The molecule has 1 saturated heterocycles. The molecule has 0 bridgehead atoms. The molecule has 1 aliphatic rings. The molecule has 2 aromatic rings. The minimum absolute atomic E-state index is 0. The van der Waals surface area contributed by atoms with Gasteiger partial charge >= 0.3 is 0 Å². The molecule has 0 amide bonds. The first kappa shape index (κ1) is 26.2. The van der Waals surface area contributed by atoms with Crippen molar-refractivity contribution in [1.82, 2.24) is 15.1 Å². The summed E-state index contributed by atoms with van der Waals surface area (Å²) in [6.07, 6.45) is -0.739. The van der Waals surface area contributed by atoms with E-state index < -0.39 is 6.10 Å². The molecule has 3 rings (SSSR count). The van der Waals surface area contributed by atoms with Gasteiger partial charge in [-0.3, -0.25) is 9.89 Å². The van der Waals surface area contributed by atoms with E-state index in [0.717, 1.165) is 50.8 Å². The molecular weight excluding hydrogens is 519 g/mol. The summed E-state index contributed by atoms with van der Waals surface area (Å²) in [6.45, 7) is 7.85. The zero-order chi connectivity index (χ0) is 22.1. The van der Waals surface area contributed by atoms with E-state index in [1.165, 1.54) is 5.56 Å². The second-order valence-electron chi connectivity index (χ2n) is 7.61. The minimum atomic E-state index is -0.739. The average Bonchev–Trinajstić information content (AvgIpc) is 2.82. The molecule has 7 nitrogen and oxygen atoms in total. The fourth-order valence-electron chi connectivity index (χ4n) is 3.69. The van der Waals surface area contributed by atoms with Crippen molar-refractivity contribution in [3.8, 4) is 11.5 Å². The highest BCUT2D eigenvalue weighted by atomic mass is 127. The fourth-order valence-corrected chi connectivity index (χ4v) is 3.69. The summed E-state index contributed by atoms with van der Waals surface area (Å²) in [5.74, 6) is 2.15. The van der Waals surface area contributed by atoms with Crippen molar-refractivity contribution < 1.29 is 14.6 Å². The van der Waals surface area contributed by atoms with Crippen LogP contribution in [0.2, 0.25) is 0 Å². The van der Waals surface area contributed by atoms with Gasteiger partial charge < -0.3 is 24.8 Å². The summed E-state index contributed by atoms with van der Waals surface area (Å²) in [4.78, 5) is 9.45. The van der Waals surface area contributed by atoms with Crippen LogP contribution in [0.1, 0.15) is 24.2 Å². The van der Waals surface area contributed by atoms with Crippen LogP contribution < -0.4 is 14.8 Å². The van der Waals surface area contributed by atoms with Gasteiger partial charge in [0, 0.05) is 45.3 Å². The lowest BCUT2D eigenvalue weighted by molar-refractivity contribution is 0.169. The Morgan fingerprint density at radius 2 is 1.66 bits per heavy atom. The Kier molecular flexibility index (Phi) is 11.1. The van der Waals surface area contributed by atoms with Gasteiger partial charge in [-0.15, -0.1) is 24.0 Å². The highest BCUT2D eigenvalue weighted by molar-refractivity contribution is 14.0. The third-order valence-electron chi connectivity index (χ3n) is 5.43. The maximum absolute atomic E-state index is 10.7. The first-order valence-electron chi connectivity index (χ1n) is 10.8. The highest BCUT2D eigenvalue weighted by Gasteiger charge is 2.20. The van der Waals surface area contributed by atoms with Crippen molar-refractivity contribution >= 4 is 29.9 Å². The van der Waals surface area contributed by atoms with Gasteiger partial charge in [-0.1, -0.05) is 30.3 Å². The molecule has 1 atom stereocenters. The second kappa shape index (κ2) is 13.5. The Bertz CT molecular complexity index is 820. The third-order valence-corrected chi connectivity index (χ3v) is 5.43. The van der Waals surface area contributed by atoms with Crippen LogP contribution >= 0.6 is 24.0 Å². The van der Waals surface area contributed by atoms with E-state index in [1.54, 1.807) is 20.3 Å². The first-order valence-corrected chi connectivity index (χ1v) is 10.8. The Hall–Kier alpha value is -2.04. The normalized spacial score (nSPS) is 15.6. The number of hydrogen-bond acceptors (Lipinski definition) is 5. The maximum atomic E-state index is 10.7. The minimum Gasteiger partial charge on any atom is -0.497 e. The summed E-state index contributed by atoms with van der Waals surface area (Å²) in [5.41, 5.74) is 2.07. The van der Waals surface area contributed by atoms with E-state index in [4.69, 9.17) is 14.5 Å². The molecule has 1 aliphatic heterocycles. The van der Waals surface area contributed by atoms with E-state index in [-0.39, 0.29) is 30.5 Å². The molecule has 0 aromatic heterocycles. The lowest BCUT2D eigenvalue weighted by Crippen LogP contribution is -2.52. The van der Waals surface area contributed by atoms with E-state index in [2.05, 4.69) is 52.4 Å². The van der Waals surface area contributed by atoms with Crippen molar-refractivity contribution in [3.05, 3.63) is 59.7 Å². The van der Waals surface area contributed by atoms with Crippen molar-refractivity contribution in [1.29, 1.82) is 0 Å². The first-order chi connectivity index (χ1) is 15.1. The predicted molar refractivity (Wildman–Crippen MR) is 139 cm³/mol. The largest absolute Gasteiger partial charge is 0.497 e. The predicted octanol–water partition coefficient (Wildman–Crippen LogP) is 3.14. The van der Waals surface area contributed by atoms with E-state index in [9.17, 15) is 5.11 Å². The van der Waals surface area contributed by atoms with Crippen LogP contribution in [0.5, 0.6) is 11.5 Å². The number of rotatable bonds is 8. The summed E-state index contributed by atoms with van der Waals surface area (Å²) in [7, 11) is 3.20. The van der Waals surface area contributed by atoms with Crippen molar-refractivity contribution in [3.63, 3.8) is 0 Å². The molecule has 0 aliphatic carbocycles. The quantitative estimate of drug-likeness (QED) is 0.297. The van der Waals surface area contributed by atoms with Crippen molar-refractivity contribution in [2.75, 3.05) is 53.5 Å². The van der Waals surface area contributed by atoms with Crippen LogP contribution in [-0.4, -0.2) is 74.4 Å². The Morgan fingerprint density at radius 1 is 1.03 bits per heavy atom. The fraction of sp³-hybridized carbons (Fsp3) is 0.458. The third kappa shape index (κ3) is 7.53. The summed E-state index contributed by atoms with van der Waals surface area (Å²) >= 11 is 0. The molecule has 8 heteroatoms. The van der Waals surface area contributed by atoms with Crippen LogP contribution in [0.15, 0.2) is 53.5 Å². The average molecular weight is 554 g/mol. The van der Waals surface area contributed by atoms with Crippen molar-refractivity contribution in [2.24, 2.45) is 4.99 Å². The number of methoxy groups -OCH3 is 2. The van der Waals surface area contributed by atoms with Gasteiger partial charge in [0.25, 0.3) is 0 Å². The molecule has 2 aromatic carbocycles. The number of halogens is 1. The smallest absolute Gasteiger partial charge is 0.194 e. The number of benzene rings is 2. The molecule has 0 saturated carbocycles. The number of aliphatic hydroxyl groups is 1. The number of hydrogen-bond donors (Lipinski definition) is 2. The van der Waals surface area contributed by atoms with Crippen LogP contribution in [0, 0.1) is 0 Å². The number of piperazine rings is 1. The van der Waals surface area contributed by atoms with Gasteiger partial charge in [-0.2, -0.15) is 0 Å². The van der Waals surface area contributed by atoms with Gasteiger partial charge in [-0.25, -0.2) is 0 Å². The molecule has 1 unspecified atom stereocenters. The van der Waals surface area contributed by atoms with Crippen LogP contribution in [-0.2, 0) is 6.54 Å². The van der Waals surface area contributed by atoms with Crippen molar-refractivity contribution in [2.45, 2.75) is 19.6 Å². The van der Waals surface area contributed by atoms with E-state index >= 15 is 0 Å². The number of ether oxygens (including phenoxy) is 2. The summed E-state index contributed by atoms with van der Waals surface area (Å²) in [5, 5.41) is 14.1. The van der Waals surface area contributed by atoms with Crippen LogP contribution in [0.3, 0.4) is 0 Å². The molecule has 176 valence electrons. The lowest BCUT2D eigenvalue weighted by Gasteiger charge is -2.36. The Labute approximate surface area is 208 Å². The molecule has 0 radical (unpaired) electrons. The number of nitrogens with zero attached hydrogens (tertiary/aromatic N) is 3. The molecule has 1 fully saturated rings. The lowest BCUT2D eigenvalue weighted by atomic mass is 10.1. The highest BCUT2D eigenvalue weighted by Crippen LogP contribution is 2.26. The monoisotopic (exact) mass is 554 g/mol. The topological polar surface area (TPSA) is 69.6 Å². The summed E-state index contributed by atoms with van der Waals surface area (Å²) < 4.78 is 10.6. The van der Waals surface area contributed by atoms with Crippen LogP contribution in [0.4, 0.5) is 0 Å². The van der Waals surface area contributed by atoms with E-state index in [0.29, 0.717) is 11.5 Å². The van der Waals surface area contributed by atoms with Gasteiger partial charge in [-0.05, 0) is 30.2 Å². The zero-order valence-electron chi connectivity index (χ0n) is 19.2. The molecule has 1 heterocycles. The van der Waals surface area contributed by atoms with E-state index in [1.807, 2.05) is 12.1 Å². The zero-order valence-corrected chi connectivity index (χ0v) is 21.5. The number of nitrogens with one attached hydrogen (secondary N) is 1. The van der Waals surface area contributed by atoms with Crippen LogP contribution in [0.25, 0.3) is 0 Å². The summed E-state index contributed by atoms with van der Waals surface area (Å²) in [6, 6.07) is 16.0. The molecule has 2 N–H and O–H groups in total. The van der Waals surface area contributed by atoms with Gasteiger partial charge in [0.2, 0.25) is 0 Å². The number of aliphatic imine (C=N–C) groups is 1. The Morgan fingerprint density at radius 3 is 2.22 bits per heavy atom. The van der Waals surface area contributed by atoms with Gasteiger partial charge in [0.15, 0.2) is 5.96 Å². The Balaban J connectivity index is 0.00000363. The molecule has 32 heavy (non-hydrogen) atoms.